The van der Waals surface area contributed by atoms with Gasteiger partial charge in [-0.25, -0.2) is 9.82 Å². The third-order valence-corrected chi connectivity index (χ3v) is 4.36. The van der Waals surface area contributed by atoms with E-state index in [4.69, 9.17) is 9.47 Å². The number of nitrogens with one attached hydrogen (secondary N) is 2. The summed E-state index contributed by atoms with van der Waals surface area (Å²) in [5.74, 6) is -0.104. The van der Waals surface area contributed by atoms with Crippen molar-refractivity contribution in [1.29, 1.82) is 0 Å². The molecule has 0 radical (unpaired) electrons. The van der Waals surface area contributed by atoms with Crippen LogP contribution in [0.3, 0.4) is 0 Å². The highest BCUT2D eigenvalue weighted by molar-refractivity contribution is 5.98. The second-order valence-electron chi connectivity index (χ2n) is 6.66. The van der Waals surface area contributed by atoms with Crippen molar-refractivity contribution in [2.75, 3.05) is 13.7 Å². The molecule has 3 aromatic rings. The van der Waals surface area contributed by atoms with Gasteiger partial charge in [0, 0.05) is 0 Å². The number of hydrazone groups is 1. The van der Waals surface area contributed by atoms with E-state index in [1.807, 2.05) is 0 Å². The number of carbonyl (C=O) groups is 2. The maximum Gasteiger partial charge on any atom is 0.259 e. The molecule has 0 aliphatic heterocycles. The highest BCUT2D eigenvalue weighted by Crippen LogP contribution is 2.16. The molecule has 3 rings (SSSR count). The van der Waals surface area contributed by atoms with E-state index in [0.717, 1.165) is 11.1 Å². The summed E-state index contributed by atoms with van der Waals surface area (Å²) in [6.07, 6.45) is 1.48. The number of methoxy groups -OCH3 is 1. The Morgan fingerprint density at radius 1 is 1.00 bits per heavy atom. The molecule has 0 heterocycles. The molecular formula is C24H22FN3O4. The Bertz CT molecular complexity index is 1080. The first kappa shape index (κ1) is 22.5. The van der Waals surface area contributed by atoms with E-state index in [-0.39, 0.29) is 12.4 Å². The van der Waals surface area contributed by atoms with E-state index in [0.29, 0.717) is 23.7 Å². The third kappa shape index (κ3) is 6.66. The molecular weight excluding hydrogens is 413 g/mol. The van der Waals surface area contributed by atoms with Crippen molar-refractivity contribution in [2.45, 2.75) is 6.61 Å². The van der Waals surface area contributed by atoms with E-state index >= 15 is 0 Å². The lowest BCUT2D eigenvalue weighted by molar-refractivity contribution is -0.120. The molecule has 0 saturated carbocycles. The molecule has 0 aromatic heterocycles. The van der Waals surface area contributed by atoms with Gasteiger partial charge in [-0.2, -0.15) is 5.10 Å². The number of hydrogen-bond donors (Lipinski definition) is 2. The van der Waals surface area contributed by atoms with E-state index in [2.05, 4.69) is 15.8 Å². The fraction of sp³-hybridized carbons (Fsp3) is 0.125. The summed E-state index contributed by atoms with van der Waals surface area (Å²) in [5.41, 5.74) is 4.30. The summed E-state index contributed by atoms with van der Waals surface area (Å²) in [5, 5.41) is 6.40. The van der Waals surface area contributed by atoms with Gasteiger partial charge >= 0.3 is 0 Å². The average molecular weight is 435 g/mol. The van der Waals surface area contributed by atoms with Crippen LogP contribution in [-0.4, -0.2) is 31.7 Å². The van der Waals surface area contributed by atoms with E-state index < -0.39 is 11.8 Å². The molecule has 8 heteroatoms. The van der Waals surface area contributed by atoms with Crippen molar-refractivity contribution in [1.82, 2.24) is 10.7 Å². The molecule has 0 aliphatic carbocycles. The minimum absolute atomic E-state index is 0.232. The van der Waals surface area contributed by atoms with Gasteiger partial charge < -0.3 is 14.8 Å². The van der Waals surface area contributed by atoms with Crippen LogP contribution in [0.5, 0.6) is 11.5 Å². The number of halogens is 1. The number of amides is 2. The van der Waals surface area contributed by atoms with Crippen LogP contribution in [0.2, 0.25) is 0 Å². The number of hydrogen-bond acceptors (Lipinski definition) is 5. The van der Waals surface area contributed by atoms with Gasteiger partial charge in [-0.3, -0.25) is 9.59 Å². The summed E-state index contributed by atoms with van der Waals surface area (Å²) in [6.45, 7) is 0.0920. The highest BCUT2D eigenvalue weighted by Gasteiger charge is 2.12. The fourth-order valence-electron chi connectivity index (χ4n) is 2.70. The molecule has 32 heavy (non-hydrogen) atoms. The van der Waals surface area contributed by atoms with Gasteiger partial charge in [0.2, 0.25) is 0 Å². The van der Waals surface area contributed by atoms with Gasteiger partial charge in [-0.1, -0.05) is 24.3 Å². The number of ether oxygens (including phenoxy) is 2. The van der Waals surface area contributed by atoms with Crippen molar-refractivity contribution >= 4 is 18.0 Å². The van der Waals surface area contributed by atoms with Crippen LogP contribution in [0.15, 0.2) is 77.9 Å². The summed E-state index contributed by atoms with van der Waals surface area (Å²) in [6, 6.07) is 19.9. The van der Waals surface area contributed by atoms with Gasteiger partial charge in [0.15, 0.2) is 0 Å². The Morgan fingerprint density at radius 2 is 1.72 bits per heavy atom. The van der Waals surface area contributed by atoms with E-state index in [1.165, 1.54) is 25.5 Å². The highest BCUT2D eigenvalue weighted by atomic mass is 19.1. The SMILES string of the molecule is COc1ccccc1C(=O)NCC(=O)NN=Cc1ccc(OCc2ccc(F)cc2)cc1. The smallest absolute Gasteiger partial charge is 0.259 e. The van der Waals surface area contributed by atoms with Crippen molar-refractivity contribution in [3.05, 3.63) is 95.3 Å². The zero-order chi connectivity index (χ0) is 22.8. The molecule has 7 nitrogen and oxygen atoms in total. The molecule has 0 fully saturated rings. The Labute approximate surface area is 184 Å². The summed E-state index contributed by atoms with van der Waals surface area (Å²) in [4.78, 5) is 24.1. The fourth-order valence-corrected chi connectivity index (χ4v) is 2.70. The molecule has 3 aromatic carbocycles. The Kier molecular flexibility index (Phi) is 7.91. The number of para-hydroxylation sites is 1. The predicted molar refractivity (Wildman–Crippen MR) is 118 cm³/mol. The molecule has 0 unspecified atom stereocenters. The van der Waals surface area contributed by atoms with Gasteiger partial charge in [0.1, 0.15) is 23.9 Å². The zero-order valence-corrected chi connectivity index (χ0v) is 17.4. The zero-order valence-electron chi connectivity index (χ0n) is 17.4. The predicted octanol–water partition coefficient (Wildman–Crippen LogP) is 3.29. The van der Waals surface area contributed by atoms with Crippen molar-refractivity contribution in [3.63, 3.8) is 0 Å². The molecule has 0 saturated heterocycles. The van der Waals surface area contributed by atoms with Crippen molar-refractivity contribution in [2.24, 2.45) is 5.10 Å². The minimum Gasteiger partial charge on any atom is -0.496 e. The molecule has 2 N–H and O–H groups in total. The van der Waals surface area contributed by atoms with Crippen LogP contribution in [0.4, 0.5) is 4.39 Å². The second kappa shape index (κ2) is 11.3. The third-order valence-electron chi connectivity index (χ3n) is 4.36. The number of carbonyl (C=O) groups excluding carboxylic acids is 2. The minimum atomic E-state index is -0.469. The summed E-state index contributed by atoms with van der Waals surface area (Å²) >= 11 is 0. The van der Waals surface area contributed by atoms with Crippen LogP contribution >= 0.6 is 0 Å². The van der Waals surface area contributed by atoms with E-state index in [1.54, 1.807) is 60.7 Å². The van der Waals surface area contributed by atoms with Gasteiger partial charge in [0.05, 0.1) is 25.4 Å². The molecule has 0 spiro atoms. The monoisotopic (exact) mass is 435 g/mol. The maximum atomic E-state index is 12.9. The molecule has 0 bridgehead atoms. The first-order chi connectivity index (χ1) is 15.5. The van der Waals surface area contributed by atoms with Gasteiger partial charge in [0.25, 0.3) is 11.8 Å². The Balaban J connectivity index is 1.42. The first-order valence-electron chi connectivity index (χ1n) is 9.75. The second-order valence-corrected chi connectivity index (χ2v) is 6.66. The van der Waals surface area contributed by atoms with Gasteiger partial charge in [-0.05, 0) is 59.7 Å². The molecule has 2 amide bonds. The van der Waals surface area contributed by atoms with Crippen LogP contribution in [0.1, 0.15) is 21.5 Å². The summed E-state index contributed by atoms with van der Waals surface area (Å²) < 4.78 is 23.7. The lowest BCUT2D eigenvalue weighted by Crippen LogP contribution is -2.35. The lowest BCUT2D eigenvalue weighted by atomic mass is 10.2. The normalized spacial score (nSPS) is 10.6. The van der Waals surface area contributed by atoms with E-state index in [9.17, 15) is 14.0 Å². The molecule has 0 atom stereocenters. The standard InChI is InChI=1S/C24H22FN3O4/c1-31-22-5-3-2-4-21(22)24(30)26-15-23(29)28-27-14-17-8-12-20(13-9-17)32-16-18-6-10-19(25)11-7-18/h2-14H,15-16H2,1H3,(H,26,30)(H,28,29). The van der Waals surface area contributed by atoms with Gasteiger partial charge in [-0.15, -0.1) is 0 Å². The quantitative estimate of drug-likeness (QED) is 0.399. The Morgan fingerprint density at radius 3 is 2.44 bits per heavy atom. The maximum absolute atomic E-state index is 12.9. The Hall–Kier alpha value is -4.20. The first-order valence-corrected chi connectivity index (χ1v) is 9.75. The molecule has 164 valence electrons. The largest absolute Gasteiger partial charge is 0.496 e. The van der Waals surface area contributed by atoms with Crippen LogP contribution in [-0.2, 0) is 11.4 Å². The van der Waals surface area contributed by atoms with Crippen LogP contribution in [0.25, 0.3) is 0 Å². The van der Waals surface area contributed by atoms with Crippen molar-refractivity contribution in [3.8, 4) is 11.5 Å². The number of rotatable bonds is 9. The van der Waals surface area contributed by atoms with Crippen LogP contribution < -0.4 is 20.2 Å². The molecule has 0 aliphatic rings. The number of benzene rings is 3. The lowest BCUT2D eigenvalue weighted by Gasteiger charge is -2.08. The van der Waals surface area contributed by atoms with Crippen LogP contribution in [0, 0.1) is 5.82 Å². The summed E-state index contributed by atoms with van der Waals surface area (Å²) in [7, 11) is 1.47. The van der Waals surface area contributed by atoms with Crippen molar-refractivity contribution < 1.29 is 23.5 Å². The number of nitrogens with zero attached hydrogens (tertiary/aromatic N) is 1. The topological polar surface area (TPSA) is 89.0 Å². The average Bonchev–Trinajstić information content (AvgIpc) is 2.83.